The van der Waals surface area contributed by atoms with E-state index in [4.69, 9.17) is 18.9 Å². The molecule has 0 aromatic heterocycles. The molecule has 28 heavy (non-hydrogen) atoms. The van der Waals surface area contributed by atoms with Gasteiger partial charge in [0.05, 0.1) is 26.9 Å². The molecule has 0 aliphatic heterocycles. The fourth-order valence-electron chi connectivity index (χ4n) is 2.39. The van der Waals surface area contributed by atoms with Gasteiger partial charge in [-0.25, -0.2) is 9.18 Å². The molecule has 150 valence electrons. The Hall–Kier alpha value is -3.29. The Kier molecular flexibility index (Phi) is 7.20. The van der Waals surface area contributed by atoms with Crippen LogP contribution < -0.4 is 19.5 Å². The number of esters is 1. The van der Waals surface area contributed by atoms with E-state index in [1.165, 1.54) is 40.4 Å². The van der Waals surface area contributed by atoms with E-state index in [0.29, 0.717) is 11.5 Å². The smallest absolute Gasteiger partial charge is 0.341 e. The summed E-state index contributed by atoms with van der Waals surface area (Å²) in [5.74, 6) is -0.867. The van der Waals surface area contributed by atoms with Crippen molar-refractivity contribution >= 4 is 11.9 Å². The highest BCUT2D eigenvalue weighted by Crippen LogP contribution is 2.27. The maximum atomic E-state index is 13.9. The van der Waals surface area contributed by atoms with Gasteiger partial charge in [0.15, 0.2) is 17.6 Å². The lowest BCUT2D eigenvalue weighted by Gasteiger charge is -2.15. The second-order valence-electron chi connectivity index (χ2n) is 5.80. The van der Waals surface area contributed by atoms with Crippen LogP contribution in [0.25, 0.3) is 0 Å². The number of carbonyl (C=O) groups excluding carboxylic acids is 2. The average Bonchev–Trinajstić information content (AvgIpc) is 2.71. The van der Waals surface area contributed by atoms with Crippen LogP contribution in [0.4, 0.5) is 4.39 Å². The van der Waals surface area contributed by atoms with Crippen molar-refractivity contribution in [1.82, 2.24) is 5.32 Å². The fourth-order valence-corrected chi connectivity index (χ4v) is 2.39. The van der Waals surface area contributed by atoms with Crippen molar-refractivity contribution in [2.24, 2.45) is 0 Å². The highest BCUT2D eigenvalue weighted by Gasteiger charge is 2.21. The third kappa shape index (κ3) is 5.12. The van der Waals surface area contributed by atoms with Crippen LogP contribution >= 0.6 is 0 Å². The molecule has 2 aromatic rings. The van der Waals surface area contributed by atoms with Crippen molar-refractivity contribution in [2.45, 2.75) is 19.6 Å². The van der Waals surface area contributed by atoms with Gasteiger partial charge in [-0.15, -0.1) is 0 Å². The number of rotatable bonds is 8. The second-order valence-corrected chi connectivity index (χ2v) is 5.80. The SMILES string of the molecule is COc1ccc(C(=O)O[C@@H](C)C(=O)NCc2ccc(OC)c(OC)c2)c(F)c1. The molecule has 0 unspecified atom stereocenters. The van der Waals surface area contributed by atoms with Gasteiger partial charge in [-0.05, 0) is 36.8 Å². The van der Waals surface area contributed by atoms with Crippen LogP contribution in [-0.2, 0) is 16.1 Å². The van der Waals surface area contributed by atoms with Crippen molar-refractivity contribution in [1.29, 1.82) is 0 Å². The van der Waals surface area contributed by atoms with Gasteiger partial charge in [-0.1, -0.05) is 6.07 Å². The number of hydrogen-bond donors (Lipinski definition) is 1. The van der Waals surface area contributed by atoms with E-state index < -0.39 is 23.8 Å². The molecular formula is C20H22FNO6. The Morgan fingerprint density at radius 1 is 1.00 bits per heavy atom. The zero-order chi connectivity index (χ0) is 20.7. The topological polar surface area (TPSA) is 83.1 Å². The number of amides is 1. The van der Waals surface area contributed by atoms with Crippen molar-refractivity contribution in [3.63, 3.8) is 0 Å². The van der Waals surface area contributed by atoms with Crippen LogP contribution in [0.3, 0.4) is 0 Å². The molecule has 8 heteroatoms. The summed E-state index contributed by atoms with van der Waals surface area (Å²) in [6.45, 7) is 1.60. The Labute approximate surface area is 162 Å². The predicted octanol–water partition coefficient (Wildman–Crippen LogP) is 2.71. The molecule has 7 nitrogen and oxygen atoms in total. The van der Waals surface area contributed by atoms with Gasteiger partial charge in [0.25, 0.3) is 5.91 Å². The Balaban J connectivity index is 1.95. The molecule has 0 fully saturated rings. The Morgan fingerprint density at radius 2 is 1.71 bits per heavy atom. The molecule has 2 aromatic carbocycles. The Morgan fingerprint density at radius 3 is 2.32 bits per heavy atom. The molecule has 2 rings (SSSR count). The van der Waals surface area contributed by atoms with Gasteiger partial charge in [0.1, 0.15) is 11.6 Å². The van der Waals surface area contributed by atoms with Gasteiger partial charge < -0.3 is 24.3 Å². The van der Waals surface area contributed by atoms with Crippen molar-refractivity contribution < 1.29 is 32.9 Å². The quantitative estimate of drug-likeness (QED) is 0.697. The molecule has 1 atom stereocenters. The molecule has 0 bridgehead atoms. The summed E-state index contributed by atoms with van der Waals surface area (Å²) >= 11 is 0. The summed E-state index contributed by atoms with van der Waals surface area (Å²) in [6, 6.07) is 8.95. The molecule has 0 saturated heterocycles. The first-order chi connectivity index (χ1) is 13.4. The molecular weight excluding hydrogens is 369 g/mol. The molecule has 0 aliphatic rings. The van der Waals surface area contributed by atoms with Crippen LogP contribution in [-0.4, -0.2) is 39.3 Å². The minimum atomic E-state index is -1.10. The van der Waals surface area contributed by atoms with E-state index in [0.717, 1.165) is 11.6 Å². The van der Waals surface area contributed by atoms with Crippen molar-refractivity contribution in [3.8, 4) is 17.2 Å². The summed E-state index contributed by atoms with van der Waals surface area (Å²) < 4.78 is 34.2. The Bertz CT molecular complexity index is 855. The first-order valence-corrected chi connectivity index (χ1v) is 8.42. The van der Waals surface area contributed by atoms with E-state index in [9.17, 15) is 14.0 Å². The lowest BCUT2D eigenvalue weighted by atomic mass is 10.2. The van der Waals surface area contributed by atoms with Crippen LogP contribution in [0.2, 0.25) is 0 Å². The highest BCUT2D eigenvalue weighted by molar-refractivity contribution is 5.92. The van der Waals surface area contributed by atoms with Crippen molar-refractivity contribution in [2.75, 3.05) is 21.3 Å². The van der Waals surface area contributed by atoms with Crippen LogP contribution in [0.15, 0.2) is 36.4 Å². The minimum Gasteiger partial charge on any atom is -0.497 e. The van der Waals surface area contributed by atoms with E-state index in [2.05, 4.69) is 5.32 Å². The number of ether oxygens (including phenoxy) is 4. The molecule has 0 spiro atoms. The maximum absolute atomic E-state index is 13.9. The van der Waals surface area contributed by atoms with E-state index in [1.54, 1.807) is 18.2 Å². The average molecular weight is 391 g/mol. The summed E-state index contributed by atoms with van der Waals surface area (Å²) in [4.78, 5) is 24.3. The zero-order valence-electron chi connectivity index (χ0n) is 16.1. The number of hydrogen-bond acceptors (Lipinski definition) is 6. The minimum absolute atomic E-state index is 0.192. The lowest BCUT2D eigenvalue weighted by Crippen LogP contribution is -2.35. The van der Waals surface area contributed by atoms with Crippen LogP contribution in [0.1, 0.15) is 22.8 Å². The van der Waals surface area contributed by atoms with Gasteiger partial charge in [-0.3, -0.25) is 4.79 Å². The normalized spacial score (nSPS) is 11.3. The summed E-state index contributed by atoms with van der Waals surface area (Å²) in [6.07, 6.45) is -1.10. The number of carbonyl (C=O) groups is 2. The third-order valence-corrected chi connectivity index (χ3v) is 3.96. The van der Waals surface area contributed by atoms with Crippen LogP contribution in [0.5, 0.6) is 17.2 Å². The molecule has 0 radical (unpaired) electrons. The second kappa shape index (κ2) is 9.59. The first-order valence-electron chi connectivity index (χ1n) is 8.42. The molecule has 0 heterocycles. The zero-order valence-corrected chi connectivity index (χ0v) is 16.1. The summed E-state index contributed by atoms with van der Waals surface area (Å²) in [5, 5.41) is 2.65. The van der Waals surface area contributed by atoms with E-state index >= 15 is 0 Å². The van der Waals surface area contributed by atoms with Crippen molar-refractivity contribution in [3.05, 3.63) is 53.3 Å². The predicted molar refractivity (Wildman–Crippen MR) is 99.2 cm³/mol. The largest absolute Gasteiger partial charge is 0.497 e. The van der Waals surface area contributed by atoms with Gasteiger partial charge in [-0.2, -0.15) is 0 Å². The number of nitrogens with one attached hydrogen (secondary N) is 1. The number of benzene rings is 2. The number of methoxy groups -OCH3 is 3. The van der Waals surface area contributed by atoms with Gasteiger partial charge >= 0.3 is 5.97 Å². The van der Waals surface area contributed by atoms with Crippen LogP contribution in [0, 0.1) is 5.82 Å². The molecule has 1 amide bonds. The van der Waals surface area contributed by atoms with Gasteiger partial charge in [0.2, 0.25) is 0 Å². The number of halogens is 1. The van der Waals surface area contributed by atoms with E-state index in [1.807, 2.05) is 0 Å². The molecule has 0 aliphatic carbocycles. The molecule has 0 saturated carbocycles. The highest BCUT2D eigenvalue weighted by atomic mass is 19.1. The lowest BCUT2D eigenvalue weighted by molar-refractivity contribution is -0.129. The van der Waals surface area contributed by atoms with Gasteiger partial charge in [0, 0.05) is 12.6 Å². The maximum Gasteiger partial charge on any atom is 0.341 e. The fraction of sp³-hybridized carbons (Fsp3) is 0.300. The third-order valence-electron chi connectivity index (χ3n) is 3.96. The van der Waals surface area contributed by atoms with E-state index in [-0.39, 0.29) is 17.9 Å². The first kappa shape index (κ1) is 21.0. The monoisotopic (exact) mass is 391 g/mol. The standard InChI is InChI=1S/C20H22FNO6/c1-12(28-20(24)15-7-6-14(25-2)10-16(15)21)19(23)22-11-13-5-8-17(26-3)18(9-13)27-4/h5-10,12H,11H2,1-4H3,(H,22,23)/t12-/m0/s1. The summed E-state index contributed by atoms with van der Waals surface area (Å²) in [7, 11) is 4.43. The summed E-state index contributed by atoms with van der Waals surface area (Å²) in [5.41, 5.74) is 0.492. The molecule has 1 N–H and O–H groups in total.